The number of hydrogen-bond acceptors (Lipinski definition) is 4. The van der Waals surface area contributed by atoms with Crippen molar-refractivity contribution in [1.82, 2.24) is 10.6 Å². The summed E-state index contributed by atoms with van der Waals surface area (Å²) in [7, 11) is 0. The predicted molar refractivity (Wildman–Crippen MR) is 88.4 cm³/mol. The van der Waals surface area contributed by atoms with Crippen molar-refractivity contribution in [2.45, 2.75) is 58.7 Å². The Bertz CT molecular complexity index is 554. The van der Waals surface area contributed by atoms with E-state index in [1.807, 2.05) is 13.8 Å². The van der Waals surface area contributed by atoms with E-state index in [0.29, 0.717) is 6.54 Å². The summed E-state index contributed by atoms with van der Waals surface area (Å²) in [6.45, 7) is 9.46. The molecule has 0 heterocycles. The van der Waals surface area contributed by atoms with Crippen LogP contribution in [0.4, 0.5) is 18.0 Å². The average Bonchev–Trinajstić information content (AvgIpc) is 2.42. The SMILES string of the molecule is CC(CNC(=O)OC(C)(C)C)NC(C)c1ccc(OC(F)(F)F)cc1. The molecule has 0 aliphatic rings. The fourth-order valence-corrected chi connectivity index (χ4v) is 2.09. The molecule has 1 amide bonds. The topological polar surface area (TPSA) is 59.6 Å². The highest BCUT2D eigenvalue weighted by Crippen LogP contribution is 2.24. The second-order valence-electron chi connectivity index (χ2n) is 6.79. The minimum Gasteiger partial charge on any atom is -0.444 e. The molecule has 2 unspecified atom stereocenters. The number of amides is 1. The first-order valence-electron chi connectivity index (χ1n) is 7.94. The van der Waals surface area contributed by atoms with Gasteiger partial charge in [0.2, 0.25) is 0 Å². The molecule has 0 spiro atoms. The van der Waals surface area contributed by atoms with E-state index in [1.54, 1.807) is 32.9 Å². The second-order valence-corrected chi connectivity index (χ2v) is 6.79. The maximum atomic E-state index is 12.1. The number of carbonyl (C=O) groups excluding carboxylic acids is 1. The molecule has 0 aliphatic heterocycles. The molecule has 2 N–H and O–H groups in total. The van der Waals surface area contributed by atoms with E-state index < -0.39 is 18.1 Å². The molecule has 25 heavy (non-hydrogen) atoms. The van der Waals surface area contributed by atoms with Crippen molar-refractivity contribution in [3.8, 4) is 5.75 Å². The maximum Gasteiger partial charge on any atom is 0.573 e. The quantitative estimate of drug-likeness (QED) is 0.798. The van der Waals surface area contributed by atoms with Gasteiger partial charge in [-0.15, -0.1) is 13.2 Å². The van der Waals surface area contributed by atoms with Gasteiger partial charge in [0, 0.05) is 18.6 Å². The Hall–Kier alpha value is -1.96. The van der Waals surface area contributed by atoms with Crippen molar-refractivity contribution >= 4 is 6.09 Å². The molecule has 0 saturated carbocycles. The third kappa shape index (κ3) is 9.19. The molecule has 0 bridgehead atoms. The van der Waals surface area contributed by atoms with E-state index in [4.69, 9.17) is 4.74 Å². The molecule has 5 nitrogen and oxygen atoms in total. The lowest BCUT2D eigenvalue weighted by molar-refractivity contribution is -0.274. The van der Waals surface area contributed by atoms with Crippen molar-refractivity contribution in [2.24, 2.45) is 0 Å². The number of nitrogens with one attached hydrogen (secondary N) is 2. The lowest BCUT2D eigenvalue weighted by Crippen LogP contribution is -2.41. The van der Waals surface area contributed by atoms with Crippen molar-refractivity contribution in [3.63, 3.8) is 0 Å². The van der Waals surface area contributed by atoms with E-state index in [-0.39, 0.29) is 17.8 Å². The van der Waals surface area contributed by atoms with Crippen LogP contribution in [-0.2, 0) is 4.74 Å². The molecule has 1 aromatic carbocycles. The van der Waals surface area contributed by atoms with Crippen molar-refractivity contribution in [3.05, 3.63) is 29.8 Å². The van der Waals surface area contributed by atoms with Crippen LogP contribution in [0.1, 0.15) is 46.2 Å². The zero-order valence-electron chi connectivity index (χ0n) is 15.0. The highest BCUT2D eigenvalue weighted by molar-refractivity contribution is 5.67. The van der Waals surface area contributed by atoms with Crippen LogP contribution in [0.3, 0.4) is 0 Å². The Morgan fingerprint density at radius 1 is 1.12 bits per heavy atom. The van der Waals surface area contributed by atoms with Crippen LogP contribution >= 0.6 is 0 Å². The summed E-state index contributed by atoms with van der Waals surface area (Å²) in [6, 6.07) is 5.48. The minimum atomic E-state index is -4.70. The number of carbonyl (C=O) groups is 1. The number of rotatable bonds is 6. The zero-order valence-corrected chi connectivity index (χ0v) is 15.0. The van der Waals surface area contributed by atoms with Crippen LogP contribution in [-0.4, -0.2) is 30.6 Å². The molecule has 142 valence electrons. The molecular formula is C17H25F3N2O3. The van der Waals surface area contributed by atoms with E-state index in [0.717, 1.165) is 5.56 Å². The lowest BCUT2D eigenvalue weighted by Gasteiger charge is -2.23. The fourth-order valence-electron chi connectivity index (χ4n) is 2.09. The van der Waals surface area contributed by atoms with Crippen LogP contribution in [0.2, 0.25) is 0 Å². The van der Waals surface area contributed by atoms with Crippen molar-refractivity contribution in [2.75, 3.05) is 6.54 Å². The maximum absolute atomic E-state index is 12.1. The Morgan fingerprint density at radius 2 is 1.68 bits per heavy atom. The molecular weight excluding hydrogens is 337 g/mol. The highest BCUT2D eigenvalue weighted by atomic mass is 19.4. The number of alkyl halides is 3. The summed E-state index contributed by atoms with van der Waals surface area (Å²) in [5.74, 6) is -0.261. The van der Waals surface area contributed by atoms with E-state index in [2.05, 4.69) is 15.4 Å². The van der Waals surface area contributed by atoms with Gasteiger partial charge in [0.15, 0.2) is 0 Å². The van der Waals surface area contributed by atoms with Gasteiger partial charge in [0.05, 0.1) is 0 Å². The van der Waals surface area contributed by atoms with Crippen molar-refractivity contribution in [1.29, 1.82) is 0 Å². The van der Waals surface area contributed by atoms with E-state index >= 15 is 0 Å². The first-order chi connectivity index (χ1) is 11.4. The Balaban J connectivity index is 2.47. The zero-order chi connectivity index (χ0) is 19.3. The summed E-state index contributed by atoms with van der Waals surface area (Å²) in [5.41, 5.74) is 0.243. The van der Waals surface area contributed by atoms with Gasteiger partial charge < -0.3 is 20.1 Å². The monoisotopic (exact) mass is 362 g/mol. The van der Waals surface area contributed by atoms with Gasteiger partial charge in [-0.2, -0.15) is 0 Å². The van der Waals surface area contributed by atoms with Gasteiger partial charge >= 0.3 is 12.5 Å². The molecule has 0 saturated heterocycles. The Morgan fingerprint density at radius 3 is 2.16 bits per heavy atom. The van der Waals surface area contributed by atoms with Crippen LogP contribution in [0.5, 0.6) is 5.75 Å². The highest BCUT2D eigenvalue weighted by Gasteiger charge is 2.31. The summed E-state index contributed by atoms with van der Waals surface area (Å²) in [4.78, 5) is 11.6. The van der Waals surface area contributed by atoms with Crippen LogP contribution in [0.25, 0.3) is 0 Å². The van der Waals surface area contributed by atoms with E-state index in [1.165, 1.54) is 12.1 Å². The van der Waals surface area contributed by atoms with Gasteiger partial charge in [0.25, 0.3) is 0 Å². The third-order valence-corrected chi connectivity index (χ3v) is 3.10. The Kier molecular flexibility index (Phi) is 7.10. The van der Waals surface area contributed by atoms with Gasteiger partial charge in [0.1, 0.15) is 11.4 Å². The minimum absolute atomic E-state index is 0.0615. The van der Waals surface area contributed by atoms with Gasteiger partial charge in [-0.3, -0.25) is 0 Å². The first-order valence-corrected chi connectivity index (χ1v) is 7.94. The van der Waals surface area contributed by atoms with E-state index in [9.17, 15) is 18.0 Å². The normalized spacial score (nSPS) is 14.6. The summed E-state index contributed by atoms with van der Waals surface area (Å²) < 4.78 is 45.4. The standard InChI is InChI=1S/C17H25F3N2O3/c1-11(10-21-15(23)25-16(3,4)5)22-12(2)13-6-8-14(9-7-13)24-17(18,19)20/h6-9,11-12,22H,10H2,1-5H3,(H,21,23). The lowest BCUT2D eigenvalue weighted by atomic mass is 10.1. The predicted octanol–water partition coefficient (Wildman–Crippen LogP) is 4.15. The molecule has 1 aromatic rings. The third-order valence-electron chi connectivity index (χ3n) is 3.10. The number of halogens is 3. The molecule has 0 aromatic heterocycles. The van der Waals surface area contributed by atoms with Crippen molar-refractivity contribution < 1.29 is 27.4 Å². The van der Waals surface area contributed by atoms with Gasteiger partial charge in [-0.1, -0.05) is 12.1 Å². The molecule has 0 radical (unpaired) electrons. The first kappa shape index (κ1) is 21.1. The average molecular weight is 362 g/mol. The van der Waals surface area contributed by atoms with Crippen LogP contribution in [0, 0.1) is 0 Å². The molecule has 0 fully saturated rings. The number of benzene rings is 1. The summed E-state index contributed by atoms with van der Waals surface area (Å²) in [6.07, 6.45) is -5.20. The molecule has 8 heteroatoms. The van der Waals surface area contributed by atoms with Crippen LogP contribution in [0.15, 0.2) is 24.3 Å². The Labute approximate surface area is 145 Å². The second kappa shape index (κ2) is 8.42. The summed E-state index contributed by atoms with van der Waals surface area (Å²) in [5, 5.41) is 5.91. The largest absolute Gasteiger partial charge is 0.573 e. The smallest absolute Gasteiger partial charge is 0.444 e. The number of hydrogen-bond donors (Lipinski definition) is 2. The summed E-state index contributed by atoms with van der Waals surface area (Å²) >= 11 is 0. The number of alkyl carbamates (subject to hydrolysis) is 1. The molecule has 2 atom stereocenters. The fraction of sp³-hybridized carbons (Fsp3) is 0.588. The van der Waals surface area contributed by atoms with Gasteiger partial charge in [-0.05, 0) is 52.3 Å². The van der Waals surface area contributed by atoms with Crippen LogP contribution < -0.4 is 15.4 Å². The van der Waals surface area contributed by atoms with Gasteiger partial charge in [-0.25, -0.2) is 4.79 Å². The number of ether oxygens (including phenoxy) is 2. The molecule has 0 aliphatic carbocycles. The molecule has 1 rings (SSSR count).